The van der Waals surface area contributed by atoms with E-state index in [1.54, 1.807) is 6.92 Å². The van der Waals surface area contributed by atoms with Crippen molar-refractivity contribution in [3.63, 3.8) is 0 Å². The summed E-state index contributed by atoms with van der Waals surface area (Å²) in [5.74, 6) is -1.05. The Hall–Kier alpha value is -1.79. The monoisotopic (exact) mass is 288 g/mol. The van der Waals surface area contributed by atoms with E-state index in [0.717, 1.165) is 12.8 Å². The maximum atomic E-state index is 11.3. The number of nitrogens with one attached hydrogen (secondary N) is 2. The van der Waals surface area contributed by atoms with Crippen LogP contribution < -0.4 is 10.6 Å². The lowest BCUT2D eigenvalue weighted by Crippen LogP contribution is -2.36. The van der Waals surface area contributed by atoms with E-state index in [-0.39, 0.29) is 18.4 Å². The lowest BCUT2D eigenvalue weighted by molar-refractivity contribution is -0.143. The van der Waals surface area contributed by atoms with E-state index in [1.165, 1.54) is 0 Å². The van der Waals surface area contributed by atoms with E-state index >= 15 is 0 Å². The largest absolute Gasteiger partial charge is 0.481 e. The predicted molar refractivity (Wildman–Crippen MR) is 73.4 cm³/mol. The summed E-state index contributed by atoms with van der Waals surface area (Å²) < 4.78 is 4.76. The van der Waals surface area contributed by atoms with Gasteiger partial charge in [0.25, 0.3) is 0 Å². The van der Waals surface area contributed by atoms with Gasteiger partial charge in [0, 0.05) is 25.9 Å². The summed E-state index contributed by atoms with van der Waals surface area (Å²) in [6, 6.07) is -0.271. The molecule has 0 saturated heterocycles. The van der Waals surface area contributed by atoms with Crippen molar-refractivity contribution in [3.05, 3.63) is 0 Å². The third kappa shape index (κ3) is 12.7. The first-order chi connectivity index (χ1) is 9.56. The van der Waals surface area contributed by atoms with Crippen LogP contribution in [0.25, 0.3) is 0 Å². The number of ether oxygens (including phenoxy) is 1. The molecule has 0 unspecified atom stereocenters. The average molecular weight is 288 g/mol. The molecule has 0 atom stereocenters. The normalized spacial score (nSPS) is 9.85. The second-order valence-electron chi connectivity index (χ2n) is 4.30. The molecule has 3 N–H and O–H groups in total. The molecule has 0 spiro atoms. The van der Waals surface area contributed by atoms with Gasteiger partial charge in [-0.15, -0.1) is 0 Å². The number of hydrogen-bond acceptors (Lipinski definition) is 4. The number of carbonyl (C=O) groups is 3. The van der Waals surface area contributed by atoms with Crippen LogP contribution in [0.5, 0.6) is 0 Å². The lowest BCUT2D eigenvalue weighted by Gasteiger charge is -2.07. The van der Waals surface area contributed by atoms with Crippen LogP contribution in [0.1, 0.15) is 45.4 Å². The fourth-order valence-corrected chi connectivity index (χ4v) is 1.51. The molecule has 0 aromatic heterocycles. The highest BCUT2D eigenvalue weighted by atomic mass is 16.5. The Morgan fingerprint density at radius 3 is 2.20 bits per heavy atom. The van der Waals surface area contributed by atoms with Gasteiger partial charge < -0.3 is 20.5 Å². The van der Waals surface area contributed by atoms with Gasteiger partial charge in [0.05, 0.1) is 6.61 Å². The molecule has 0 bridgehead atoms. The Labute approximate surface area is 119 Å². The summed E-state index contributed by atoms with van der Waals surface area (Å²) in [4.78, 5) is 32.6. The maximum Gasteiger partial charge on any atom is 0.314 e. The van der Waals surface area contributed by atoms with Crippen molar-refractivity contribution >= 4 is 18.0 Å². The minimum Gasteiger partial charge on any atom is -0.481 e. The summed E-state index contributed by atoms with van der Waals surface area (Å²) in [5.41, 5.74) is 0. The number of carboxylic acid groups (broad SMARTS) is 1. The number of carboxylic acids is 1. The van der Waals surface area contributed by atoms with Crippen molar-refractivity contribution in [2.75, 3.05) is 19.7 Å². The zero-order chi connectivity index (χ0) is 15.2. The molecule has 0 rings (SSSR count). The van der Waals surface area contributed by atoms with E-state index < -0.39 is 5.97 Å². The number of amides is 2. The Kier molecular flexibility index (Phi) is 11.2. The van der Waals surface area contributed by atoms with Crippen molar-refractivity contribution in [2.45, 2.75) is 45.4 Å². The van der Waals surface area contributed by atoms with E-state index in [2.05, 4.69) is 10.6 Å². The smallest absolute Gasteiger partial charge is 0.314 e. The molecule has 116 valence electrons. The Morgan fingerprint density at radius 2 is 1.60 bits per heavy atom. The molecule has 0 aliphatic heterocycles. The third-order valence-electron chi connectivity index (χ3n) is 2.50. The SMILES string of the molecule is CCOC(=O)CCCNC(=O)NCCCCCC(=O)O. The molecule has 7 nitrogen and oxygen atoms in total. The van der Waals surface area contributed by atoms with Crippen LogP contribution in [0.3, 0.4) is 0 Å². The number of esters is 1. The fraction of sp³-hybridized carbons (Fsp3) is 0.769. The second kappa shape index (κ2) is 12.3. The van der Waals surface area contributed by atoms with Crippen molar-refractivity contribution in [2.24, 2.45) is 0 Å². The van der Waals surface area contributed by atoms with Gasteiger partial charge in [0.15, 0.2) is 0 Å². The molecule has 0 heterocycles. The zero-order valence-corrected chi connectivity index (χ0v) is 11.9. The van der Waals surface area contributed by atoms with Gasteiger partial charge in [-0.1, -0.05) is 6.42 Å². The number of hydrogen-bond donors (Lipinski definition) is 3. The van der Waals surface area contributed by atoms with Crippen LogP contribution >= 0.6 is 0 Å². The van der Waals surface area contributed by atoms with E-state index in [4.69, 9.17) is 9.84 Å². The first kappa shape index (κ1) is 18.2. The topological polar surface area (TPSA) is 105 Å². The first-order valence-electron chi connectivity index (χ1n) is 6.95. The minimum absolute atomic E-state index is 0.167. The van der Waals surface area contributed by atoms with Crippen LogP contribution in [0, 0.1) is 0 Å². The van der Waals surface area contributed by atoms with Gasteiger partial charge in [-0.05, 0) is 26.2 Å². The molecule has 0 fully saturated rings. The Balaban J connectivity index is 3.33. The fourth-order valence-electron chi connectivity index (χ4n) is 1.51. The van der Waals surface area contributed by atoms with Crippen LogP contribution in [0.4, 0.5) is 4.79 Å². The van der Waals surface area contributed by atoms with Gasteiger partial charge in [-0.2, -0.15) is 0 Å². The summed E-state index contributed by atoms with van der Waals surface area (Å²) in [7, 11) is 0. The third-order valence-corrected chi connectivity index (χ3v) is 2.50. The van der Waals surface area contributed by atoms with Crippen LogP contribution in [-0.2, 0) is 14.3 Å². The van der Waals surface area contributed by atoms with Gasteiger partial charge >= 0.3 is 18.0 Å². The van der Waals surface area contributed by atoms with Gasteiger partial charge in [-0.3, -0.25) is 9.59 Å². The van der Waals surface area contributed by atoms with E-state index in [1.807, 2.05) is 0 Å². The summed E-state index contributed by atoms with van der Waals surface area (Å²) in [6.07, 6.45) is 3.16. The molecular weight excluding hydrogens is 264 g/mol. The van der Waals surface area contributed by atoms with Crippen molar-refractivity contribution in [1.29, 1.82) is 0 Å². The van der Waals surface area contributed by atoms with Gasteiger partial charge in [-0.25, -0.2) is 4.79 Å². The molecule has 7 heteroatoms. The Morgan fingerprint density at radius 1 is 0.950 bits per heavy atom. The number of unbranched alkanes of at least 4 members (excludes halogenated alkanes) is 2. The number of rotatable bonds is 11. The number of carbonyl (C=O) groups excluding carboxylic acids is 2. The van der Waals surface area contributed by atoms with Crippen molar-refractivity contribution in [3.8, 4) is 0 Å². The van der Waals surface area contributed by atoms with Crippen molar-refractivity contribution < 1.29 is 24.2 Å². The first-order valence-corrected chi connectivity index (χ1v) is 6.95. The molecule has 0 aromatic rings. The summed E-state index contributed by atoms with van der Waals surface area (Å²) in [5, 5.41) is 13.7. The summed E-state index contributed by atoms with van der Waals surface area (Å²) >= 11 is 0. The molecular formula is C13H24N2O5. The van der Waals surface area contributed by atoms with Crippen LogP contribution in [0.2, 0.25) is 0 Å². The highest BCUT2D eigenvalue weighted by molar-refractivity contribution is 5.74. The minimum atomic E-state index is -0.794. The second-order valence-corrected chi connectivity index (χ2v) is 4.30. The standard InChI is InChI=1S/C13H24N2O5/c1-2-20-12(18)8-6-10-15-13(19)14-9-5-3-4-7-11(16)17/h2-10H2,1H3,(H,16,17)(H2,14,15,19). The molecule has 0 radical (unpaired) electrons. The quantitative estimate of drug-likeness (QED) is 0.392. The molecule has 0 aliphatic carbocycles. The molecule has 0 saturated carbocycles. The zero-order valence-electron chi connectivity index (χ0n) is 11.9. The predicted octanol–water partition coefficient (Wildman–Crippen LogP) is 1.27. The maximum absolute atomic E-state index is 11.3. The van der Waals surface area contributed by atoms with E-state index in [9.17, 15) is 14.4 Å². The average Bonchev–Trinajstić information content (AvgIpc) is 2.39. The Bertz CT molecular complexity index is 307. The lowest BCUT2D eigenvalue weighted by atomic mass is 10.2. The number of urea groups is 1. The van der Waals surface area contributed by atoms with Gasteiger partial charge in [0.2, 0.25) is 0 Å². The van der Waals surface area contributed by atoms with Gasteiger partial charge in [0.1, 0.15) is 0 Å². The number of aliphatic carboxylic acids is 1. The molecule has 20 heavy (non-hydrogen) atoms. The van der Waals surface area contributed by atoms with E-state index in [0.29, 0.717) is 39.0 Å². The van der Waals surface area contributed by atoms with Crippen molar-refractivity contribution in [1.82, 2.24) is 10.6 Å². The molecule has 2 amide bonds. The summed E-state index contributed by atoms with van der Waals surface area (Å²) in [6.45, 7) is 3.06. The molecule has 0 aliphatic rings. The van der Waals surface area contributed by atoms with Crippen LogP contribution in [-0.4, -0.2) is 42.8 Å². The highest BCUT2D eigenvalue weighted by Crippen LogP contribution is 1.98. The van der Waals surface area contributed by atoms with Crippen LogP contribution in [0.15, 0.2) is 0 Å². The highest BCUT2D eigenvalue weighted by Gasteiger charge is 2.03. The molecule has 0 aromatic carbocycles.